The lowest BCUT2D eigenvalue weighted by Gasteiger charge is -2.24. The smallest absolute Gasteiger partial charge is 0.235 e. The highest BCUT2D eigenvalue weighted by molar-refractivity contribution is 6.05. The van der Waals surface area contributed by atoms with E-state index in [0.29, 0.717) is 19.4 Å². The molecular formula is C24H30N2O2. The van der Waals surface area contributed by atoms with E-state index in [1.54, 1.807) is 0 Å². The van der Waals surface area contributed by atoms with Gasteiger partial charge in [0.15, 0.2) is 0 Å². The molecule has 1 atom stereocenters. The van der Waals surface area contributed by atoms with Crippen molar-refractivity contribution < 1.29 is 9.59 Å². The number of likely N-dealkylation sites (tertiary alicyclic amines) is 1. The Hall–Kier alpha value is -2.46. The van der Waals surface area contributed by atoms with Crippen molar-refractivity contribution in [1.82, 2.24) is 9.80 Å². The predicted octanol–water partition coefficient (Wildman–Crippen LogP) is 4.25. The fourth-order valence-corrected chi connectivity index (χ4v) is 3.80. The highest BCUT2D eigenvalue weighted by Gasteiger charge is 2.46. The largest absolute Gasteiger partial charge is 0.295 e. The summed E-state index contributed by atoms with van der Waals surface area (Å²) in [7, 11) is 0. The Labute approximate surface area is 168 Å². The fraction of sp³-hybridized carbons (Fsp3) is 0.417. The molecule has 1 fully saturated rings. The third kappa shape index (κ3) is 4.87. The lowest BCUT2D eigenvalue weighted by atomic mass is 9.86. The van der Waals surface area contributed by atoms with Gasteiger partial charge in [0.2, 0.25) is 11.8 Å². The van der Waals surface area contributed by atoms with Crippen molar-refractivity contribution in [3.63, 3.8) is 0 Å². The summed E-state index contributed by atoms with van der Waals surface area (Å²) in [4.78, 5) is 28.8. The third-order valence-corrected chi connectivity index (χ3v) is 5.74. The van der Waals surface area contributed by atoms with Crippen LogP contribution in [0.3, 0.4) is 0 Å². The van der Waals surface area contributed by atoms with Gasteiger partial charge in [0, 0.05) is 32.6 Å². The van der Waals surface area contributed by atoms with Crippen molar-refractivity contribution in [3.8, 4) is 0 Å². The standard InChI is InChI=1S/C24H30N2O2/c1-3-24(2)17-22(27)26(23(24)28)16-10-15-25(18-20-11-6-4-7-12-20)19-21-13-8-5-9-14-21/h4-9,11-14H,3,10,15-19H2,1-2H3. The Kier molecular flexibility index (Phi) is 6.63. The van der Waals surface area contributed by atoms with E-state index in [1.165, 1.54) is 16.0 Å². The Morgan fingerprint density at radius 1 is 0.929 bits per heavy atom. The van der Waals surface area contributed by atoms with Gasteiger partial charge in [-0.2, -0.15) is 0 Å². The third-order valence-electron chi connectivity index (χ3n) is 5.74. The summed E-state index contributed by atoms with van der Waals surface area (Å²) < 4.78 is 0. The predicted molar refractivity (Wildman–Crippen MR) is 111 cm³/mol. The molecular weight excluding hydrogens is 348 g/mol. The minimum absolute atomic E-state index is 0.00216. The van der Waals surface area contributed by atoms with E-state index < -0.39 is 5.41 Å². The molecule has 4 heteroatoms. The van der Waals surface area contributed by atoms with Gasteiger partial charge < -0.3 is 0 Å². The molecule has 1 unspecified atom stereocenters. The number of hydrogen-bond acceptors (Lipinski definition) is 3. The van der Waals surface area contributed by atoms with Gasteiger partial charge in [-0.3, -0.25) is 19.4 Å². The second kappa shape index (κ2) is 9.16. The zero-order valence-corrected chi connectivity index (χ0v) is 16.9. The van der Waals surface area contributed by atoms with Crippen LogP contribution in [0.4, 0.5) is 0 Å². The second-order valence-corrected chi connectivity index (χ2v) is 7.98. The van der Waals surface area contributed by atoms with Gasteiger partial charge in [0.05, 0.1) is 5.41 Å². The fourth-order valence-electron chi connectivity index (χ4n) is 3.80. The molecule has 0 bridgehead atoms. The van der Waals surface area contributed by atoms with E-state index in [2.05, 4.69) is 53.4 Å². The van der Waals surface area contributed by atoms with E-state index in [4.69, 9.17) is 0 Å². The first-order valence-electron chi connectivity index (χ1n) is 10.2. The maximum Gasteiger partial charge on any atom is 0.235 e. The molecule has 28 heavy (non-hydrogen) atoms. The highest BCUT2D eigenvalue weighted by atomic mass is 16.2. The van der Waals surface area contributed by atoms with Crippen molar-refractivity contribution in [2.75, 3.05) is 13.1 Å². The molecule has 0 aliphatic carbocycles. The summed E-state index contributed by atoms with van der Waals surface area (Å²) in [5.74, 6) is -0.0234. The zero-order valence-electron chi connectivity index (χ0n) is 16.9. The monoisotopic (exact) mass is 378 g/mol. The Balaban J connectivity index is 1.61. The molecule has 4 nitrogen and oxygen atoms in total. The maximum atomic E-state index is 12.6. The molecule has 148 valence electrons. The average Bonchev–Trinajstić information content (AvgIpc) is 2.93. The summed E-state index contributed by atoms with van der Waals surface area (Å²) >= 11 is 0. The summed E-state index contributed by atoms with van der Waals surface area (Å²) in [6.07, 6.45) is 1.85. The van der Waals surface area contributed by atoms with Gasteiger partial charge in [-0.15, -0.1) is 0 Å². The van der Waals surface area contributed by atoms with Gasteiger partial charge in [0.1, 0.15) is 0 Å². The van der Waals surface area contributed by atoms with Gasteiger partial charge in [-0.25, -0.2) is 0 Å². The van der Waals surface area contributed by atoms with Crippen molar-refractivity contribution in [3.05, 3.63) is 71.8 Å². The average molecular weight is 379 g/mol. The summed E-state index contributed by atoms with van der Waals surface area (Å²) in [5.41, 5.74) is 2.03. The van der Waals surface area contributed by atoms with Crippen LogP contribution in [0, 0.1) is 5.41 Å². The van der Waals surface area contributed by atoms with Gasteiger partial charge in [-0.05, 0) is 24.0 Å². The Morgan fingerprint density at radius 2 is 1.46 bits per heavy atom. The first-order chi connectivity index (χ1) is 13.5. The molecule has 1 saturated heterocycles. The normalized spacial score (nSPS) is 19.6. The number of carbonyl (C=O) groups is 2. The number of rotatable bonds is 9. The number of benzene rings is 2. The number of nitrogens with zero attached hydrogens (tertiary/aromatic N) is 2. The molecule has 3 rings (SSSR count). The zero-order chi connectivity index (χ0) is 20.0. The molecule has 1 aliphatic rings. The molecule has 0 aromatic heterocycles. The van der Waals surface area contributed by atoms with Crippen LogP contribution in [0.1, 0.15) is 44.2 Å². The van der Waals surface area contributed by atoms with E-state index in [1.807, 2.05) is 26.0 Å². The van der Waals surface area contributed by atoms with E-state index >= 15 is 0 Å². The van der Waals surface area contributed by atoms with E-state index in [-0.39, 0.29) is 11.8 Å². The Bertz CT molecular complexity index is 749. The summed E-state index contributed by atoms with van der Waals surface area (Å²) in [6.45, 7) is 6.94. The molecule has 2 aromatic carbocycles. The van der Waals surface area contributed by atoms with Crippen LogP contribution in [-0.4, -0.2) is 34.7 Å². The van der Waals surface area contributed by atoms with Gasteiger partial charge in [-0.1, -0.05) is 74.5 Å². The van der Waals surface area contributed by atoms with Crippen molar-refractivity contribution in [1.29, 1.82) is 0 Å². The maximum absolute atomic E-state index is 12.6. The quantitative estimate of drug-likeness (QED) is 0.613. The Morgan fingerprint density at radius 3 is 1.93 bits per heavy atom. The molecule has 2 aromatic rings. The van der Waals surface area contributed by atoms with Crippen LogP contribution in [0.5, 0.6) is 0 Å². The molecule has 0 radical (unpaired) electrons. The lowest BCUT2D eigenvalue weighted by Crippen LogP contribution is -2.36. The summed E-state index contributed by atoms with van der Waals surface area (Å²) in [6, 6.07) is 20.8. The van der Waals surface area contributed by atoms with Crippen LogP contribution in [-0.2, 0) is 22.7 Å². The minimum Gasteiger partial charge on any atom is -0.295 e. The van der Waals surface area contributed by atoms with Crippen LogP contribution in [0.15, 0.2) is 60.7 Å². The van der Waals surface area contributed by atoms with Crippen molar-refractivity contribution in [2.45, 2.75) is 46.2 Å². The summed E-state index contributed by atoms with van der Waals surface area (Å²) in [5, 5.41) is 0. The highest BCUT2D eigenvalue weighted by Crippen LogP contribution is 2.35. The topological polar surface area (TPSA) is 40.6 Å². The van der Waals surface area contributed by atoms with E-state index in [0.717, 1.165) is 26.1 Å². The van der Waals surface area contributed by atoms with Crippen molar-refractivity contribution >= 4 is 11.8 Å². The van der Waals surface area contributed by atoms with Gasteiger partial charge in [0.25, 0.3) is 0 Å². The second-order valence-electron chi connectivity index (χ2n) is 7.98. The van der Waals surface area contributed by atoms with Crippen molar-refractivity contribution in [2.24, 2.45) is 5.41 Å². The molecule has 0 saturated carbocycles. The number of imide groups is 1. The van der Waals surface area contributed by atoms with Crippen LogP contribution < -0.4 is 0 Å². The molecule has 0 spiro atoms. The van der Waals surface area contributed by atoms with Crippen LogP contribution in [0.2, 0.25) is 0 Å². The first-order valence-corrected chi connectivity index (χ1v) is 10.2. The minimum atomic E-state index is -0.509. The molecule has 0 N–H and O–H groups in total. The SMILES string of the molecule is CCC1(C)CC(=O)N(CCCN(Cc2ccccc2)Cc2ccccc2)C1=O. The van der Waals surface area contributed by atoms with E-state index in [9.17, 15) is 9.59 Å². The van der Waals surface area contributed by atoms with Crippen LogP contribution >= 0.6 is 0 Å². The first kappa shape index (κ1) is 20.3. The molecule has 2 amide bonds. The van der Waals surface area contributed by atoms with Crippen LogP contribution in [0.25, 0.3) is 0 Å². The molecule has 1 heterocycles. The lowest BCUT2D eigenvalue weighted by molar-refractivity contribution is -0.141. The molecule has 1 aliphatic heterocycles. The number of hydrogen-bond donors (Lipinski definition) is 0. The van der Waals surface area contributed by atoms with Gasteiger partial charge >= 0.3 is 0 Å². The number of carbonyl (C=O) groups excluding carboxylic acids is 2. The number of amides is 2.